The monoisotopic (exact) mass is 339 g/mol. The molecular weight excluding hydrogens is 329 g/mol. The van der Waals surface area contributed by atoms with Crippen LogP contribution in [0.1, 0.15) is 11.1 Å². The largest absolute Gasteiger partial charge is 0.488 e. The zero-order valence-corrected chi connectivity index (χ0v) is 12.3. The van der Waals surface area contributed by atoms with Crippen molar-refractivity contribution < 1.29 is 9.13 Å². The minimum atomic E-state index is -0.475. The maximum Gasteiger partial charge on any atom is 0.137 e. The molecule has 0 saturated carbocycles. The van der Waals surface area contributed by atoms with Crippen molar-refractivity contribution in [1.29, 1.82) is 0 Å². The van der Waals surface area contributed by atoms with Crippen LogP contribution in [0.2, 0.25) is 0 Å². The first kappa shape index (κ1) is 14.0. The molecule has 2 rings (SSSR count). The highest BCUT2D eigenvalue weighted by Gasteiger charge is 2.12. The lowest BCUT2D eigenvalue weighted by Gasteiger charge is -2.12. The van der Waals surface area contributed by atoms with Crippen LogP contribution in [0.5, 0.6) is 5.75 Å². The Hall–Kier alpha value is -1.46. The maximum atomic E-state index is 13.6. The van der Waals surface area contributed by atoms with Gasteiger partial charge in [0.05, 0.1) is 5.56 Å². The van der Waals surface area contributed by atoms with Gasteiger partial charge in [-0.25, -0.2) is 4.39 Å². The van der Waals surface area contributed by atoms with Crippen molar-refractivity contribution in [2.45, 2.75) is 6.61 Å². The molecule has 0 fully saturated rings. The highest BCUT2D eigenvalue weighted by atomic mass is 79.9. The molecule has 0 spiro atoms. The molecule has 2 aromatic carbocycles. The van der Waals surface area contributed by atoms with Gasteiger partial charge in [-0.3, -0.25) is 0 Å². The third-order valence-electron chi connectivity index (χ3n) is 2.56. The number of rotatable bonds is 4. The predicted molar refractivity (Wildman–Crippen MR) is 80.8 cm³/mol. The minimum Gasteiger partial charge on any atom is -0.488 e. The lowest BCUT2D eigenvalue weighted by Crippen LogP contribution is -2.14. The molecule has 0 aromatic heterocycles. The van der Waals surface area contributed by atoms with Gasteiger partial charge in [0, 0.05) is 10.0 Å². The Kier molecular flexibility index (Phi) is 4.50. The zero-order valence-electron chi connectivity index (χ0n) is 9.90. The summed E-state index contributed by atoms with van der Waals surface area (Å²) in [5.74, 6) is -0.125. The van der Waals surface area contributed by atoms with Crippen LogP contribution in [-0.4, -0.2) is 4.99 Å². The van der Waals surface area contributed by atoms with Gasteiger partial charge in [-0.15, -0.1) is 0 Å². The number of nitrogens with two attached hydrogens (primary N) is 1. The summed E-state index contributed by atoms with van der Waals surface area (Å²) in [4.78, 5) is -0.0137. The molecule has 0 saturated heterocycles. The van der Waals surface area contributed by atoms with Gasteiger partial charge in [0.15, 0.2) is 0 Å². The Morgan fingerprint density at radius 3 is 2.63 bits per heavy atom. The summed E-state index contributed by atoms with van der Waals surface area (Å²) >= 11 is 8.27. The molecule has 0 amide bonds. The minimum absolute atomic E-state index is 0.0137. The summed E-state index contributed by atoms with van der Waals surface area (Å²) < 4.78 is 20.2. The van der Waals surface area contributed by atoms with Crippen LogP contribution in [0.4, 0.5) is 4.39 Å². The second-order valence-corrected chi connectivity index (χ2v) is 5.15. The Labute approximate surface area is 124 Å². The van der Waals surface area contributed by atoms with Crippen LogP contribution < -0.4 is 10.5 Å². The third kappa shape index (κ3) is 3.30. The number of ether oxygens (including phenoxy) is 1. The van der Waals surface area contributed by atoms with Crippen molar-refractivity contribution in [2.24, 2.45) is 5.73 Å². The van der Waals surface area contributed by atoms with E-state index in [0.717, 1.165) is 10.0 Å². The molecule has 2 nitrogen and oxygen atoms in total. The van der Waals surface area contributed by atoms with E-state index in [1.807, 2.05) is 24.3 Å². The molecule has 0 bridgehead atoms. The summed E-state index contributed by atoms with van der Waals surface area (Å²) in [7, 11) is 0. The lowest BCUT2D eigenvalue weighted by molar-refractivity contribution is 0.303. The number of hydrogen-bond acceptors (Lipinski definition) is 2. The molecule has 0 unspecified atom stereocenters. The van der Waals surface area contributed by atoms with Crippen molar-refractivity contribution >= 4 is 33.1 Å². The van der Waals surface area contributed by atoms with E-state index in [4.69, 9.17) is 22.7 Å². The SMILES string of the molecule is NC(=S)c1c(F)cccc1OCc1ccccc1Br. The summed E-state index contributed by atoms with van der Waals surface area (Å²) in [6, 6.07) is 12.2. The molecule has 0 atom stereocenters. The van der Waals surface area contributed by atoms with Gasteiger partial charge in [-0.05, 0) is 18.2 Å². The molecule has 0 heterocycles. The molecule has 98 valence electrons. The van der Waals surface area contributed by atoms with Crippen molar-refractivity contribution in [2.75, 3.05) is 0 Å². The smallest absolute Gasteiger partial charge is 0.137 e. The summed E-state index contributed by atoms with van der Waals surface area (Å²) in [6.07, 6.45) is 0. The van der Waals surface area contributed by atoms with Gasteiger partial charge in [0.25, 0.3) is 0 Å². The van der Waals surface area contributed by atoms with Gasteiger partial charge in [0.1, 0.15) is 23.2 Å². The molecule has 5 heteroatoms. The summed E-state index contributed by atoms with van der Waals surface area (Å²) in [6.45, 7) is 0.306. The van der Waals surface area contributed by atoms with Crippen LogP contribution in [-0.2, 0) is 6.61 Å². The number of thiocarbonyl (C=S) groups is 1. The second kappa shape index (κ2) is 6.12. The van der Waals surface area contributed by atoms with E-state index in [1.165, 1.54) is 6.07 Å². The molecule has 0 aliphatic rings. The fourth-order valence-corrected chi connectivity index (χ4v) is 2.23. The number of hydrogen-bond donors (Lipinski definition) is 1. The third-order valence-corrected chi connectivity index (χ3v) is 3.54. The fraction of sp³-hybridized carbons (Fsp3) is 0.0714. The Morgan fingerprint density at radius 1 is 1.21 bits per heavy atom. The van der Waals surface area contributed by atoms with E-state index >= 15 is 0 Å². The average Bonchev–Trinajstić information content (AvgIpc) is 2.37. The standard InChI is InChI=1S/C14H11BrFNOS/c15-10-5-2-1-4-9(10)8-18-12-7-3-6-11(16)13(12)14(17)19/h1-7H,8H2,(H2,17,19). The molecule has 0 aliphatic carbocycles. The van der Waals surface area contributed by atoms with E-state index in [1.54, 1.807) is 12.1 Å². The van der Waals surface area contributed by atoms with E-state index < -0.39 is 5.82 Å². The first-order valence-electron chi connectivity index (χ1n) is 5.54. The first-order chi connectivity index (χ1) is 9.09. The molecular formula is C14H11BrFNOS. The van der Waals surface area contributed by atoms with Gasteiger partial charge < -0.3 is 10.5 Å². The Balaban J connectivity index is 2.23. The highest BCUT2D eigenvalue weighted by molar-refractivity contribution is 9.10. The Morgan fingerprint density at radius 2 is 1.95 bits per heavy atom. The quantitative estimate of drug-likeness (QED) is 0.860. The van der Waals surface area contributed by atoms with E-state index in [0.29, 0.717) is 12.4 Å². The second-order valence-electron chi connectivity index (χ2n) is 3.86. The molecule has 0 aliphatic heterocycles. The van der Waals surface area contributed by atoms with Crippen LogP contribution in [0.15, 0.2) is 46.9 Å². The summed E-state index contributed by atoms with van der Waals surface area (Å²) in [5, 5.41) is 0. The van der Waals surface area contributed by atoms with E-state index in [2.05, 4.69) is 15.9 Å². The van der Waals surface area contributed by atoms with E-state index in [-0.39, 0.29) is 10.6 Å². The Bertz CT molecular complexity index is 618. The average molecular weight is 340 g/mol. The number of halogens is 2. The van der Waals surface area contributed by atoms with Crippen LogP contribution >= 0.6 is 28.1 Å². The van der Waals surface area contributed by atoms with Crippen molar-refractivity contribution in [3.05, 3.63) is 63.9 Å². The van der Waals surface area contributed by atoms with Crippen LogP contribution in [0, 0.1) is 5.82 Å². The van der Waals surface area contributed by atoms with Gasteiger partial charge in [-0.2, -0.15) is 0 Å². The van der Waals surface area contributed by atoms with E-state index in [9.17, 15) is 4.39 Å². The molecule has 19 heavy (non-hydrogen) atoms. The highest BCUT2D eigenvalue weighted by Crippen LogP contribution is 2.24. The zero-order chi connectivity index (χ0) is 13.8. The molecule has 2 N–H and O–H groups in total. The van der Waals surface area contributed by atoms with Crippen molar-refractivity contribution in [1.82, 2.24) is 0 Å². The lowest BCUT2D eigenvalue weighted by atomic mass is 10.2. The van der Waals surface area contributed by atoms with Gasteiger partial charge in [0.2, 0.25) is 0 Å². The fourth-order valence-electron chi connectivity index (χ4n) is 1.63. The van der Waals surface area contributed by atoms with Gasteiger partial charge >= 0.3 is 0 Å². The first-order valence-corrected chi connectivity index (χ1v) is 6.74. The van der Waals surface area contributed by atoms with Crippen molar-refractivity contribution in [3.8, 4) is 5.75 Å². The van der Waals surface area contributed by atoms with Crippen molar-refractivity contribution in [3.63, 3.8) is 0 Å². The molecule has 2 aromatic rings. The van der Waals surface area contributed by atoms with Crippen LogP contribution in [0.3, 0.4) is 0 Å². The molecule has 0 radical (unpaired) electrons. The topological polar surface area (TPSA) is 35.2 Å². The van der Waals surface area contributed by atoms with Gasteiger partial charge in [-0.1, -0.05) is 52.4 Å². The van der Waals surface area contributed by atoms with Crippen LogP contribution in [0.25, 0.3) is 0 Å². The normalized spacial score (nSPS) is 10.2. The number of benzene rings is 2. The maximum absolute atomic E-state index is 13.6. The predicted octanol–water partition coefficient (Wildman–Crippen LogP) is 3.80. The summed E-state index contributed by atoms with van der Waals surface area (Å²) in [5.41, 5.74) is 6.62.